The Hall–Kier alpha value is -2.09. The van der Waals surface area contributed by atoms with Crippen LogP contribution in [0.25, 0.3) is 0 Å². The summed E-state index contributed by atoms with van der Waals surface area (Å²) in [5.74, 6) is 0.139. The zero-order valence-corrected chi connectivity index (χ0v) is 12.6. The molecule has 1 saturated heterocycles. The van der Waals surface area contributed by atoms with Crippen molar-refractivity contribution in [3.05, 3.63) is 71.8 Å². The molecule has 1 N–H and O–H groups in total. The summed E-state index contributed by atoms with van der Waals surface area (Å²) in [6.07, 6.45) is 1.41. The van der Waals surface area contributed by atoms with Gasteiger partial charge in [-0.25, -0.2) is 0 Å². The number of benzene rings is 2. The van der Waals surface area contributed by atoms with Crippen LogP contribution in [0, 0.1) is 0 Å². The monoisotopic (exact) mass is 279 g/mol. The molecular weight excluding hydrogens is 258 g/mol. The van der Waals surface area contributed by atoms with Crippen LogP contribution >= 0.6 is 0 Å². The zero-order valence-electron chi connectivity index (χ0n) is 12.6. The van der Waals surface area contributed by atoms with E-state index in [2.05, 4.69) is 67.7 Å². The van der Waals surface area contributed by atoms with Crippen LogP contribution in [-0.2, 0) is 16.6 Å². The standard InChI is InChI=1S/C19H21NO/c1-18(2)19(14-17(21)20-18,16-11-7-4-8-12-16)13-15-9-5-3-6-10-15/h3-12H,13-14H2,1-2H3,(H,20,21). The molecular formula is C19H21NO. The van der Waals surface area contributed by atoms with Gasteiger partial charge >= 0.3 is 0 Å². The van der Waals surface area contributed by atoms with Crippen LogP contribution in [-0.4, -0.2) is 11.4 Å². The van der Waals surface area contributed by atoms with Gasteiger partial charge in [0.25, 0.3) is 0 Å². The molecule has 2 aromatic carbocycles. The van der Waals surface area contributed by atoms with E-state index in [1.54, 1.807) is 0 Å². The van der Waals surface area contributed by atoms with Crippen molar-refractivity contribution in [1.82, 2.24) is 5.32 Å². The Bertz CT molecular complexity index is 633. The largest absolute Gasteiger partial charge is 0.350 e. The number of nitrogens with one attached hydrogen (secondary N) is 1. The highest BCUT2D eigenvalue weighted by molar-refractivity contribution is 5.82. The van der Waals surface area contributed by atoms with Gasteiger partial charge in [0.05, 0.1) is 0 Å². The number of carbonyl (C=O) groups excluding carboxylic acids is 1. The van der Waals surface area contributed by atoms with E-state index < -0.39 is 0 Å². The van der Waals surface area contributed by atoms with E-state index in [0.717, 1.165) is 6.42 Å². The number of carbonyl (C=O) groups is 1. The average molecular weight is 279 g/mol. The zero-order chi connectivity index (χ0) is 14.9. The maximum atomic E-state index is 12.1. The third-order valence-electron chi connectivity index (χ3n) is 4.79. The van der Waals surface area contributed by atoms with E-state index >= 15 is 0 Å². The van der Waals surface area contributed by atoms with Gasteiger partial charge in [-0.15, -0.1) is 0 Å². The predicted octanol–water partition coefficient (Wildman–Crippen LogP) is 3.47. The number of hydrogen-bond donors (Lipinski definition) is 1. The molecule has 0 bridgehead atoms. The summed E-state index contributed by atoms with van der Waals surface area (Å²) in [6, 6.07) is 20.9. The number of hydrogen-bond acceptors (Lipinski definition) is 1. The highest BCUT2D eigenvalue weighted by Crippen LogP contribution is 2.45. The van der Waals surface area contributed by atoms with Crippen molar-refractivity contribution in [1.29, 1.82) is 0 Å². The lowest BCUT2D eigenvalue weighted by atomic mass is 9.64. The fraction of sp³-hybridized carbons (Fsp3) is 0.316. The van der Waals surface area contributed by atoms with Crippen molar-refractivity contribution >= 4 is 5.91 Å². The first-order valence-corrected chi connectivity index (χ1v) is 7.44. The van der Waals surface area contributed by atoms with Gasteiger partial charge in [0.1, 0.15) is 0 Å². The van der Waals surface area contributed by atoms with Crippen LogP contribution in [0.2, 0.25) is 0 Å². The van der Waals surface area contributed by atoms with Gasteiger partial charge in [-0.05, 0) is 31.4 Å². The molecule has 1 aliphatic rings. The van der Waals surface area contributed by atoms with Gasteiger partial charge in [0, 0.05) is 17.4 Å². The highest BCUT2D eigenvalue weighted by Gasteiger charge is 2.53. The predicted molar refractivity (Wildman–Crippen MR) is 85.1 cm³/mol. The van der Waals surface area contributed by atoms with Crippen LogP contribution in [0.4, 0.5) is 0 Å². The Morgan fingerprint density at radius 3 is 2.05 bits per heavy atom. The molecule has 2 heteroatoms. The van der Waals surface area contributed by atoms with Crippen molar-refractivity contribution in [3.63, 3.8) is 0 Å². The Morgan fingerprint density at radius 1 is 0.952 bits per heavy atom. The molecule has 1 aliphatic heterocycles. The first-order chi connectivity index (χ1) is 10.0. The number of rotatable bonds is 3. The molecule has 0 aliphatic carbocycles. The van der Waals surface area contributed by atoms with E-state index in [1.807, 2.05) is 12.1 Å². The van der Waals surface area contributed by atoms with Crippen molar-refractivity contribution in [2.45, 2.75) is 37.6 Å². The molecule has 0 spiro atoms. The number of amides is 1. The molecule has 0 aromatic heterocycles. The van der Waals surface area contributed by atoms with Gasteiger partial charge in [0.2, 0.25) is 5.91 Å². The van der Waals surface area contributed by atoms with Crippen molar-refractivity contribution in [2.24, 2.45) is 0 Å². The molecule has 1 atom stereocenters. The summed E-state index contributed by atoms with van der Waals surface area (Å²) in [4.78, 5) is 12.1. The molecule has 0 saturated carbocycles. The maximum Gasteiger partial charge on any atom is 0.221 e. The summed E-state index contributed by atoms with van der Waals surface area (Å²) in [5.41, 5.74) is 2.04. The van der Waals surface area contributed by atoms with Crippen LogP contribution in [0.3, 0.4) is 0 Å². The molecule has 2 aromatic rings. The normalized spacial score (nSPS) is 23.8. The minimum absolute atomic E-state index is 0.139. The second-order valence-electron chi connectivity index (χ2n) is 6.46. The lowest BCUT2D eigenvalue weighted by molar-refractivity contribution is -0.119. The maximum absolute atomic E-state index is 12.1. The van der Waals surface area contributed by atoms with Gasteiger partial charge in [-0.1, -0.05) is 60.7 Å². The Kier molecular flexibility index (Phi) is 3.32. The van der Waals surface area contributed by atoms with E-state index in [4.69, 9.17) is 0 Å². The lowest BCUT2D eigenvalue weighted by Gasteiger charge is -2.41. The topological polar surface area (TPSA) is 29.1 Å². The SMILES string of the molecule is CC1(C)NC(=O)CC1(Cc1ccccc1)c1ccccc1. The van der Waals surface area contributed by atoms with Crippen molar-refractivity contribution in [2.75, 3.05) is 0 Å². The van der Waals surface area contributed by atoms with Gasteiger partial charge in [-0.2, -0.15) is 0 Å². The first-order valence-electron chi connectivity index (χ1n) is 7.44. The summed E-state index contributed by atoms with van der Waals surface area (Å²) < 4.78 is 0. The third-order valence-corrected chi connectivity index (χ3v) is 4.79. The van der Waals surface area contributed by atoms with E-state index in [9.17, 15) is 4.79 Å². The lowest BCUT2D eigenvalue weighted by Crippen LogP contribution is -2.51. The summed E-state index contributed by atoms with van der Waals surface area (Å²) in [5, 5.41) is 3.16. The Labute approximate surface area is 126 Å². The second-order valence-corrected chi connectivity index (χ2v) is 6.46. The van der Waals surface area contributed by atoms with Crippen LogP contribution in [0.5, 0.6) is 0 Å². The quantitative estimate of drug-likeness (QED) is 0.916. The van der Waals surface area contributed by atoms with Crippen LogP contribution < -0.4 is 5.32 Å². The smallest absolute Gasteiger partial charge is 0.221 e. The molecule has 2 nitrogen and oxygen atoms in total. The fourth-order valence-corrected chi connectivity index (χ4v) is 3.56. The average Bonchev–Trinajstić information content (AvgIpc) is 2.70. The molecule has 1 heterocycles. The third kappa shape index (κ3) is 2.35. The molecule has 1 fully saturated rings. The fourth-order valence-electron chi connectivity index (χ4n) is 3.56. The van der Waals surface area contributed by atoms with Crippen LogP contribution in [0.15, 0.2) is 60.7 Å². The van der Waals surface area contributed by atoms with E-state index in [-0.39, 0.29) is 16.9 Å². The summed E-state index contributed by atoms with van der Waals surface area (Å²) in [6.45, 7) is 4.27. The minimum atomic E-state index is -0.263. The molecule has 1 amide bonds. The van der Waals surface area contributed by atoms with Gasteiger partial charge in [-0.3, -0.25) is 4.79 Å². The summed E-state index contributed by atoms with van der Waals surface area (Å²) >= 11 is 0. The molecule has 1 unspecified atom stereocenters. The highest BCUT2D eigenvalue weighted by atomic mass is 16.2. The molecule has 21 heavy (non-hydrogen) atoms. The van der Waals surface area contributed by atoms with E-state index in [1.165, 1.54) is 11.1 Å². The molecule has 3 rings (SSSR count). The second kappa shape index (κ2) is 5.03. The first kappa shape index (κ1) is 13.9. The van der Waals surface area contributed by atoms with Crippen molar-refractivity contribution < 1.29 is 4.79 Å². The van der Waals surface area contributed by atoms with Crippen LogP contribution in [0.1, 0.15) is 31.4 Å². The van der Waals surface area contributed by atoms with Crippen molar-refractivity contribution in [3.8, 4) is 0 Å². The van der Waals surface area contributed by atoms with Gasteiger partial charge in [0.15, 0.2) is 0 Å². The Morgan fingerprint density at radius 2 is 1.52 bits per heavy atom. The minimum Gasteiger partial charge on any atom is -0.350 e. The van der Waals surface area contributed by atoms with E-state index in [0.29, 0.717) is 6.42 Å². The molecule has 108 valence electrons. The summed E-state index contributed by atoms with van der Waals surface area (Å²) in [7, 11) is 0. The Balaban J connectivity index is 2.10. The van der Waals surface area contributed by atoms with Gasteiger partial charge < -0.3 is 5.32 Å². The molecule has 0 radical (unpaired) electrons.